The van der Waals surface area contributed by atoms with Gasteiger partial charge < -0.3 is 10.8 Å². The van der Waals surface area contributed by atoms with Crippen LogP contribution in [0.15, 0.2) is 0 Å². The predicted molar refractivity (Wildman–Crippen MR) is 50.3 cm³/mol. The van der Waals surface area contributed by atoms with E-state index < -0.39 is 39.6 Å². The molecule has 0 bridgehead atoms. The molecule has 7 nitrogen and oxygen atoms in total. The van der Waals surface area contributed by atoms with Gasteiger partial charge in [0, 0.05) is 0 Å². The van der Waals surface area contributed by atoms with Crippen LogP contribution in [0.2, 0.25) is 0 Å². The van der Waals surface area contributed by atoms with Crippen LogP contribution >= 0.6 is 0 Å². The number of carbonyl (C=O) groups excluding carboxylic acids is 1. The number of carboxylic acids is 1. The van der Waals surface area contributed by atoms with E-state index in [0.29, 0.717) is 12.8 Å². The van der Waals surface area contributed by atoms with Crippen LogP contribution in [0.3, 0.4) is 0 Å². The third kappa shape index (κ3) is 3.48. The molecule has 1 fully saturated rings. The van der Waals surface area contributed by atoms with Crippen molar-refractivity contribution in [2.75, 3.05) is 0 Å². The van der Waals surface area contributed by atoms with Gasteiger partial charge in [0.05, 0.1) is 11.7 Å². The minimum atomic E-state index is -3.62. The van der Waals surface area contributed by atoms with Crippen molar-refractivity contribution in [3.8, 4) is 0 Å². The van der Waals surface area contributed by atoms with Crippen molar-refractivity contribution < 1.29 is 23.1 Å². The van der Waals surface area contributed by atoms with Gasteiger partial charge in [0.25, 0.3) is 0 Å². The topological polar surface area (TPSA) is 127 Å². The molecule has 0 spiro atoms. The Hall–Kier alpha value is -1.15. The van der Waals surface area contributed by atoms with Crippen molar-refractivity contribution in [2.45, 2.75) is 30.6 Å². The van der Waals surface area contributed by atoms with E-state index in [1.165, 1.54) is 0 Å². The minimum absolute atomic E-state index is 0.521. The average molecular weight is 236 g/mol. The summed E-state index contributed by atoms with van der Waals surface area (Å²) in [5.74, 6) is -2.26. The van der Waals surface area contributed by atoms with E-state index in [-0.39, 0.29) is 0 Å². The number of nitrogens with two attached hydrogens (primary N) is 1. The Kier molecular flexibility index (Phi) is 3.30. The minimum Gasteiger partial charge on any atom is -0.480 e. The largest absolute Gasteiger partial charge is 0.480 e. The van der Waals surface area contributed by atoms with E-state index in [9.17, 15) is 18.0 Å². The van der Waals surface area contributed by atoms with Crippen molar-refractivity contribution in [1.82, 2.24) is 4.72 Å². The van der Waals surface area contributed by atoms with Crippen LogP contribution in [0.5, 0.6) is 0 Å². The molecule has 0 radical (unpaired) electrons. The molecule has 1 aliphatic carbocycles. The summed E-state index contributed by atoms with van der Waals surface area (Å²) in [7, 11) is -3.62. The third-order valence-corrected chi connectivity index (χ3v) is 3.94. The van der Waals surface area contributed by atoms with Gasteiger partial charge in [-0.3, -0.25) is 9.59 Å². The maximum absolute atomic E-state index is 11.4. The van der Waals surface area contributed by atoms with E-state index in [1.54, 1.807) is 0 Å². The number of amides is 1. The van der Waals surface area contributed by atoms with Crippen molar-refractivity contribution in [1.29, 1.82) is 0 Å². The molecule has 0 aromatic heterocycles. The normalized spacial score (nSPS) is 18.4. The molecule has 1 saturated carbocycles. The van der Waals surface area contributed by atoms with Crippen molar-refractivity contribution in [3.05, 3.63) is 0 Å². The lowest BCUT2D eigenvalue weighted by atomic mass is 10.2. The lowest BCUT2D eigenvalue weighted by Gasteiger charge is -2.12. The second-order valence-corrected chi connectivity index (χ2v) is 5.42. The van der Waals surface area contributed by atoms with Crippen LogP contribution in [-0.4, -0.2) is 36.7 Å². The quantitative estimate of drug-likeness (QED) is 0.511. The molecule has 1 rings (SSSR count). The zero-order chi connectivity index (χ0) is 11.6. The number of aliphatic carboxylic acids is 1. The maximum atomic E-state index is 11.4. The fourth-order valence-corrected chi connectivity index (χ4v) is 2.58. The standard InChI is InChI=1S/C7H12N2O5S/c8-6(10)3-5(7(11)12)9-15(13,14)4-1-2-4/h4-5,9H,1-3H2,(H2,8,10)(H,11,12)/t5-/m1/s1. The second-order valence-electron chi connectivity index (χ2n) is 3.42. The molecule has 0 aromatic carbocycles. The van der Waals surface area contributed by atoms with E-state index in [2.05, 4.69) is 0 Å². The van der Waals surface area contributed by atoms with Crippen molar-refractivity contribution in [3.63, 3.8) is 0 Å². The van der Waals surface area contributed by atoms with Crippen LogP contribution in [0.4, 0.5) is 0 Å². The van der Waals surface area contributed by atoms with Gasteiger partial charge in [-0.15, -0.1) is 0 Å². The van der Waals surface area contributed by atoms with Gasteiger partial charge in [-0.25, -0.2) is 13.1 Å². The molecule has 0 aliphatic heterocycles. The molecule has 1 aliphatic rings. The fraction of sp³-hybridized carbons (Fsp3) is 0.714. The summed E-state index contributed by atoms with van der Waals surface area (Å²) in [6.45, 7) is 0. The van der Waals surface area contributed by atoms with E-state index in [1.807, 2.05) is 4.72 Å². The Morgan fingerprint density at radius 3 is 2.33 bits per heavy atom. The smallest absolute Gasteiger partial charge is 0.322 e. The zero-order valence-electron chi connectivity index (χ0n) is 7.84. The predicted octanol–water partition coefficient (Wildman–Crippen LogP) is -1.60. The molecular weight excluding hydrogens is 224 g/mol. The lowest BCUT2D eigenvalue weighted by molar-refractivity contribution is -0.140. The molecular formula is C7H12N2O5S. The van der Waals surface area contributed by atoms with Crippen LogP contribution in [-0.2, 0) is 19.6 Å². The number of rotatable bonds is 6. The third-order valence-electron chi connectivity index (χ3n) is 1.97. The monoisotopic (exact) mass is 236 g/mol. The molecule has 1 amide bonds. The summed E-state index contributed by atoms with van der Waals surface area (Å²) < 4.78 is 24.7. The number of hydrogen-bond donors (Lipinski definition) is 3. The summed E-state index contributed by atoms with van der Waals surface area (Å²) in [5, 5.41) is 8.13. The van der Waals surface area contributed by atoms with Gasteiger partial charge in [-0.1, -0.05) is 0 Å². The Labute approximate surface area is 86.7 Å². The molecule has 86 valence electrons. The number of carboxylic acid groups (broad SMARTS) is 1. The average Bonchev–Trinajstić information content (AvgIpc) is 2.82. The summed E-state index contributed by atoms with van der Waals surface area (Å²) >= 11 is 0. The Balaban J connectivity index is 2.65. The van der Waals surface area contributed by atoms with Gasteiger partial charge in [-0.2, -0.15) is 0 Å². The van der Waals surface area contributed by atoms with Crippen LogP contribution in [0, 0.1) is 0 Å². The molecule has 0 aromatic rings. The van der Waals surface area contributed by atoms with Gasteiger partial charge in [0.2, 0.25) is 15.9 Å². The van der Waals surface area contributed by atoms with Crippen LogP contribution < -0.4 is 10.5 Å². The summed E-state index contributed by atoms with van der Waals surface area (Å²) in [6, 6.07) is -1.46. The van der Waals surface area contributed by atoms with Gasteiger partial charge in [0.1, 0.15) is 6.04 Å². The van der Waals surface area contributed by atoms with E-state index in [0.717, 1.165) is 0 Å². The molecule has 8 heteroatoms. The van der Waals surface area contributed by atoms with Gasteiger partial charge in [0.15, 0.2) is 0 Å². The maximum Gasteiger partial charge on any atom is 0.322 e. The highest BCUT2D eigenvalue weighted by molar-refractivity contribution is 7.90. The highest BCUT2D eigenvalue weighted by Crippen LogP contribution is 2.27. The van der Waals surface area contributed by atoms with E-state index in [4.69, 9.17) is 10.8 Å². The Morgan fingerprint density at radius 2 is 2.00 bits per heavy atom. The highest BCUT2D eigenvalue weighted by atomic mass is 32.2. The number of hydrogen-bond acceptors (Lipinski definition) is 4. The first-order chi connectivity index (χ1) is 6.83. The summed E-state index contributed by atoms with van der Waals surface area (Å²) in [5.41, 5.74) is 4.80. The zero-order valence-corrected chi connectivity index (χ0v) is 8.66. The molecule has 4 N–H and O–H groups in total. The van der Waals surface area contributed by atoms with Gasteiger partial charge >= 0.3 is 5.97 Å². The molecule has 0 unspecified atom stereocenters. The van der Waals surface area contributed by atoms with Crippen LogP contribution in [0.25, 0.3) is 0 Å². The molecule has 1 atom stereocenters. The highest BCUT2D eigenvalue weighted by Gasteiger charge is 2.38. The van der Waals surface area contributed by atoms with Gasteiger partial charge in [-0.05, 0) is 12.8 Å². The van der Waals surface area contributed by atoms with Crippen molar-refractivity contribution in [2.24, 2.45) is 5.73 Å². The number of nitrogens with one attached hydrogen (secondary N) is 1. The Morgan fingerprint density at radius 1 is 1.47 bits per heavy atom. The fourth-order valence-electron chi connectivity index (χ4n) is 1.05. The van der Waals surface area contributed by atoms with Crippen LogP contribution in [0.1, 0.15) is 19.3 Å². The second kappa shape index (κ2) is 4.15. The molecule has 0 saturated heterocycles. The Bertz CT molecular complexity index is 373. The summed E-state index contributed by atoms with van der Waals surface area (Å²) in [4.78, 5) is 21.1. The number of primary amides is 1. The molecule has 15 heavy (non-hydrogen) atoms. The van der Waals surface area contributed by atoms with Crippen molar-refractivity contribution >= 4 is 21.9 Å². The van der Waals surface area contributed by atoms with E-state index >= 15 is 0 Å². The first-order valence-corrected chi connectivity index (χ1v) is 5.90. The lowest BCUT2D eigenvalue weighted by Crippen LogP contribution is -2.44. The summed E-state index contributed by atoms with van der Waals surface area (Å²) in [6.07, 6.45) is 0.512. The number of carbonyl (C=O) groups is 2. The first kappa shape index (κ1) is 11.9. The first-order valence-electron chi connectivity index (χ1n) is 4.35. The molecule has 0 heterocycles. The SMILES string of the molecule is NC(=O)C[C@@H](NS(=O)(=O)C1CC1)C(=O)O. The number of sulfonamides is 1.